The Labute approximate surface area is 166 Å². The summed E-state index contributed by atoms with van der Waals surface area (Å²) >= 11 is 1.37. The van der Waals surface area contributed by atoms with Gasteiger partial charge in [0.05, 0.1) is 0 Å². The number of carbonyl (C=O) groups excluding carboxylic acids is 1. The summed E-state index contributed by atoms with van der Waals surface area (Å²) in [6.07, 6.45) is 2.48. The highest BCUT2D eigenvalue weighted by atomic mass is 32.2. The van der Waals surface area contributed by atoms with Crippen LogP contribution < -0.4 is 5.73 Å². The van der Waals surface area contributed by atoms with Crippen molar-refractivity contribution in [3.05, 3.63) is 70.8 Å². The van der Waals surface area contributed by atoms with Crippen molar-refractivity contribution in [1.29, 1.82) is 0 Å². The van der Waals surface area contributed by atoms with E-state index in [4.69, 9.17) is 5.73 Å². The molecule has 0 saturated heterocycles. The average molecular weight is 401 g/mol. The van der Waals surface area contributed by atoms with E-state index >= 15 is 0 Å². The lowest BCUT2D eigenvalue weighted by Gasteiger charge is -2.45. The second-order valence-corrected chi connectivity index (χ2v) is 8.34. The molecule has 4 rings (SSSR count). The Morgan fingerprint density at radius 3 is 2.82 bits per heavy atom. The summed E-state index contributed by atoms with van der Waals surface area (Å²) in [6, 6.07) is 11.4. The monoisotopic (exact) mass is 401 g/mol. The van der Waals surface area contributed by atoms with Gasteiger partial charge in [0.2, 0.25) is 5.91 Å². The van der Waals surface area contributed by atoms with Crippen LogP contribution >= 0.6 is 11.8 Å². The van der Waals surface area contributed by atoms with Gasteiger partial charge in [-0.05, 0) is 55.0 Å². The lowest BCUT2D eigenvalue weighted by atomic mass is 9.77. The summed E-state index contributed by atoms with van der Waals surface area (Å²) in [6.45, 7) is 1.95. The Balaban J connectivity index is 1.88. The van der Waals surface area contributed by atoms with Gasteiger partial charge >= 0.3 is 0 Å². The van der Waals surface area contributed by atoms with Crippen LogP contribution in [0.3, 0.4) is 0 Å². The number of carbonyl (C=O) groups is 1. The fourth-order valence-corrected chi connectivity index (χ4v) is 5.91. The minimum absolute atomic E-state index is 0.0751. The summed E-state index contributed by atoms with van der Waals surface area (Å²) in [5, 5.41) is 6.38. The Bertz CT molecular complexity index is 964. The van der Waals surface area contributed by atoms with Crippen molar-refractivity contribution in [1.82, 2.24) is 5.01 Å². The molecule has 0 fully saturated rings. The topological polar surface area (TPSA) is 58.7 Å². The number of hydrazone groups is 1. The van der Waals surface area contributed by atoms with Crippen molar-refractivity contribution in [3.63, 3.8) is 0 Å². The number of thioether (sulfide) groups is 1. The number of hydrogen-bond acceptors (Lipinski definition) is 4. The standard InChI is InChI=1S/C21H21F2N3OS/c1-13(27)26-21(28-20(25-26)17-9-8-16(22)12-19(17)23)15(10-11-24)7-6-14-4-2-3-5-18(14)21/h2-5,8-9,12,15H,6-7,10-11,24H2,1H3/t15-,21-/m0/s1. The predicted octanol–water partition coefficient (Wildman–Crippen LogP) is 3.99. The quantitative estimate of drug-likeness (QED) is 0.846. The van der Waals surface area contributed by atoms with Gasteiger partial charge in [-0.3, -0.25) is 4.79 Å². The lowest BCUT2D eigenvalue weighted by Crippen LogP contribution is -2.49. The van der Waals surface area contributed by atoms with Crippen LogP contribution in [0.5, 0.6) is 0 Å². The molecule has 1 amide bonds. The Hall–Kier alpha value is -2.25. The van der Waals surface area contributed by atoms with Gasteiger partial charge in [0.25, 0.3) is 0 Å². The Morgan fingerprint density at radius 2 is 2.11 bits per heavy atom. The second-order valence-electron chi connectivity index (χ2n) is 7.13. The third kappa shape index (κ3) is 2.93. The van der Waals surface area contributed by atoms with Crippen LogP contribution in [0, 0.1) is 17.6 Å². The van der Waals surface area contributed by atoms with Crippen molar-refractivity contribution in [2.45, 2.75) is 31.1 Å². The molecule has 1 aliphatic carbocycles. The predicted molar refractivity (Wildman–Crippen MR) is 107 cm³/mol. The van der Waals surface area contributed by atoms with Crippen LogP contribution in [0.25, 0.3) is 0 Å². The zero-order valence-corrected chi connectivity index (χ0v) is 16.3. The molecule has 2 atom stereocenters. The van der Waals surface area contributed by atoms with E-state index in [2.05, 4.69) is 11.2 Å². The molecule has 0 radical (unpaired) electrons. The summed E-state index contributed by atoms with van der Waals surface area (Å²) < 4.78 is 27.9. The molecule has 2 aliphatic rings. The summed E-state index contributed by atoms with van der Waals surface area (Å²) in [5.41, 5.74) is 8.26. The first-order valence-electron chi connectivity index (χ1n) is 9.29. The molecule has 2 aromatic rings. The van der Waals surface area contributed by atoms with Crippen LogP contribution in [0.1, 0.15) is 36.5 Å². The smallest absolute Gasteiger partial charge is 0.241 e. The maximum atomic E-state index is 14.5. The van der Waals surface area contributed by atoms with Gasteiger partial charge < -0.3 is 5.73 Å². The van der Waals surface area contributed by atoms with Gasteiger partial charge in [-0.1, -0.05) is 36.0 Å². The van der Waals surface area contributed by atoms with Crippen molar-refractivity contribution in [3.8, 4) is 0 Å². The first kappa shape index (κ1) is 19.1. The van der Waals surface area contributed by atoms with Gasteiger partial charge in [-0.15, -0.1) is 0 Å². The summed E-state index contributed by atoms with van der Waals surface area (Å²) in [5.74, 6) is -1.48. The number of halogens is 2. The Morgan fingerprint density at radius 1 is 1.32 bits per heavy atom. The first-order valence-corrected chi connectivity index (χ1v) is 10.1. The molecule has 0 saturated carbocycles. The molecule has 0 aromatic heterocycles. The molecule has 1 heterocycles. The maximum absolute atomic E-state index is 14.5. The first-order chi connectivity index (χ1) is 13.5. The number of aryl methyl sites for hydroxylation is 1. The fourth-order valence-electron chi connectivity index (χ4n) is 4.25. The number of rotatable bonds is 3. The van der Waals surface area contributed by atoms with Crippen molar-refractivity contribution in [2.75, 3.05) is 6.54 Å². The van der Waals surface area contributed by atoms with Crippen LogP contribution in [-0.4, -0.2) is 22.5 Å². The fraction of sp³-hybridized carbons (Fsp3) is 0.333. The normalized spacial score (nSPS) is 23.6. The third-order valence-corrected chi connectivity index (χ3v) is 6.98. The summed E-state index contributed by atoms with van der Waals surface area (Å²) in [4.78, 5) is 11.8. The average Bonchev–Trinajstić information content (AvgIpc) is 3.06. The number of hydrogen-bond donors (Lipinski definition) is 1. The van der Waals surface area contributed by atoms with E-state index in [1.165, 1.54) is 35.8 Å². The van der Waals surface area contributed by atoms with Crippen molar-refractivity contribution < 1.29 is 13.6 Å². The van der Waals surface area contributed by atoms with E-state index in [1.807, 2.05) is 18.2 Å². The minimum Gasteiger partial charge on any atom is -0.330 e. The van der Waals surface area contributed by atoms with E-state index < -0.39 is 16.5 Å². The minimum atomic E-state index is -0.768. The number of nitrogens with zero attached hydrogens (tertiary/aromatic N) is 2. The van der Waals surface area contributed by atoms with Crippen LogP contribution in [0.2, 0.25) is 0 Å². The van der Waals surface area contributed by atoms with E-state index in [1.54, 1.807) is 0 Å². The Kier molecular flexibility index (Phi) is 4.97. The largest absolute Gasteiger partial charge is 0.330 e. The third-order valence-electron chi connectivity index (χ3n) is 5.45. The molecule has 0 unspecified atom stereocenters. The van der Waals surface area contributed by atoms with E-state index in [0.717, 1.165) is 36.5 Å². The van der Waals surface area contributed by atoms with Crippen LogP contribution in [0.15, 0.2) is 47.6 Å². The summed E-state index contributed by atoms with van der Waals surface area (Å²) in [7, 11) is 0. The van der Waals surface area contributed by atoms with E-state index in [0.29, 0.717) is 11.6 Å². The maximum Gasteiger partial charge on any atom is 0.241 e. The highest BCUT2D eigenvalue weighted by molar-refractivity contribution is 8.15. The molecule has 7 heteroatoms. The molecule has 1 aliphatic heterocycles. The van der Waals surface area contributed by atoms with Crippen molar-refractivity contribution >= 4 is 22.7 Å². The molecule has 0 bridgehead atoms. The highest BCUT2D eigenvalue weighted by Crippen LogP contribution is 2.57. The molecule has 1 spiro atoms. The van der Waals surface area contributed by atoms with Gasteiger partial charge in [0.1, 0.15) is 21.5 Å². The van der Waals surface area contributed by atoms with Gasteiger partial charge in [0.15, 0.2) is 0 Å². The molecule has 2 N–H and O–H groups in total. The van der Waals surface area contributed by atoms with E-state index in [9.17, 15) is 13.6 Å². The molecule has 2 aromatic carbocycles. The van der Waals surface area contributed by atoms with Crippen molar-refractivity contribution in [2.24, 2.45) is 16.8 Å². The van der Waals surface area contributed by atoms with E-state index in [-0.39, 0.29) is 17.4 Å². The molecule has 4 nitrogen and oxygen atoms in total. The number of benzene rings is 2. The zero-order chi connectivity index (χ0) is 19.9. The van der Waals surface area contributed by atoms with Crippen LogP contribution in [0.4, 0.5) is 8.78 Å². The second kappa shape index (κ2) is 7.29. The van der Waals surface area contributed by atoms with Crippen LogP contribution in [-0.2, 0) is 16.1 Å². The lowest BCUT2D eigenvalue weighted by molar-refractivity contribution is -0.134. The highest BCUT2D eigenvalue weighted by Gasteiger charge is 2.55. The van der Waals surface area contributed by atoms with Gasteiger partial charge in [-0.2, -0.15) is 5.10 Å². The van der Waals surface area contributed by atoms with Gasteiger partial charge in [0, 0.05) is 18.6 Å². The number of nitrogens with two attached hydrogens (primary N) is 1. The molecular formula is C21H21F2N3OS. The zero-order valence-electron chi connectivity index (χ0n) is 15.5. The molecular weight excluding hydrogens is 380 g/mol. The molecule has 28 heavy (non-hydrogen) atoms. The SMILES string of the molecule is CC(=O)N1N=C(c2ccc(F)cc2F)S[C@@]12c1ccccc1CC[C@H]2CCN. The molecule has 146 valence electrons. The van der Waals surface area contributed by atoms with Gasteiger partial charge in [-0.25, -0.2) is 13.8 Å². The number of fused-ring (bicyclic) bond motifs is 2. The number of amides is 1.